The molecule has 2 rings (SSSR count). The van der Waals surface area contributed by atoms with Crippen LogP contribution in [0.3, 0.4) is 0 Å². The molecule has 1 aliphatic rings. The molecule has 2 amide bonds. The topological polar surface area (TPSA) is 37.4 Å². The van der Waals surface area contributed by atoms with E-state index in [4.69, 9.17) is 0 Å². The van der Waals surface area contributed by atoms with Gasteiger partial charge in [0.2, 0.25) is 0 Å². The summed E-state index contributed by atoms with van der Waals surface area (Å²) < 4.78 is 0. The molecule has 0 spiro atoms. The number of imide groups is 1. The predicted molar refractivity (Wildman–Crippen MR) is 55.2 cm³/mol. The van der Waals surface area contributed by atoms with E-state index >= 15 is 0 Å². The molecule has 1 aromatic rings. The van der Waals surface area contributed by atoms with E-state index in [-0.39, 0.29) is 11.8 Å². The molecule has 0 unspecified atom stereocenters. The summed E-state index contributed by atoms with van der Waals surface area (Å²) in [5.74, 6) is -0.320. The van der Waals surface area contributed by atoms with Gasteiger partial charge in [-0.15, -0.1) is 0 Å². The first-order chi connectivity index (χ1) is 6.75. The Kier molecular flexibility index (Phi) is 2.12. The maximum atomic E-state index is 11.7. The average molecular weight is 187 g/mol. The van der Waals surface area contributed by atoms with Crippen LogP contribution >= 0.6 is 0 Å². The first kappa shape index (κ1) is 9.00. The molecule has 0 radical (unpaired) electrons. The standard InChI is InChI=1S/C10H10BNO2/c11-5-6-12-9(13)7-3-1-2-4-8(7)10(12)14/h1-4H,5-6,11H2. The molecule has 1 aromatic carbocycles. The van der Waals surface area contributed by atoms with Crippen LogP contribution in [0.25, 0.3) is 0 Å². The highest BCUT2D eigenvalue weighted by Gasteiger charge is 2.33. The molecule has 0 bridgehead atoms. The third kappa shape index (κ3) is 1.15. The lowest BCUT2D eigenvalue weighted by atomic mass is 10.1. The number of carbonyl (C=O) groups is 2. The van der Waals surface area contributed by atoms with E-state index in [9.17, 15) is 9.59 Å². The fraction of sp³-hybridized carbons (Fsp3) is 0.200. The Bertz CT molecular complexity index is 368. The first-order valence-electron chi connectivity index (χ1n) is 4.71. The lowest BCUT2D eigenvalue weighted by Crippen LogP contribution is -2.30. The third-order valence-electron chi connectivity index (χ3n) is 2.33. The fourth-order valence-corrected chi connectivity index (χ4v) is 1.67. The van der Waals surface area contributed by atoms with Crippen molar-refractivity contribution in [3.8, 4) is 0 Å². The molecule has 1 heterocycles. The predicted octanol–water partition coefficient (Wildman–Crippen LogP) is 0.334. The van der Waals surface area contributed by atoms with Gasteiger partial charge in [-0.1, -0.05) is 18.5 Å². The molecular formula is C10H10BNO2. The number of carbonyl (C=O) groups excluding carboxylic acids is 2. The van der Waals surface area contributed by atoms with Gasteiger partial charge in [-0.05, 0) is 12.1 Å². The van der Waals surface area contributed by atoms with Crippen molar-refractivity contribution in [3.05, 3.63) is 35.4 Å². The van der Waals surface area contributed by atoms with Gasteiger partial charge in [-0.3, -0.25) is 14.5 Å². The zero-order chi connectivity index (χ0) is 10.1. The minimum absolute atomic E-state index is 0.160. The number of hydrogen-bond donors (Lipinski definition) is 0. The molecule has 0 aromatic heterocycles. The summed E-state index contributed by atoms with van der Waals surface area (Å²) in [4.78, 5) is 24.7. The summed E-state index contributed by atoms with van der Waals surface area (Å²) in [6, 6.07) is 6.95. The molecule has 0 saturated carbocycles. The van der Waals surface area contributed by atoms with Crippen molar-refractivity contribution >= 4 is 19.7 Å². The van der Waals surface area contributed by atoms with Gasteiger partial charge in [0.1, 0.15) is 7.85 Å². The molecule has 1 aliphatic heterocycles. The molecule has 0 atom stereocenters. The van der Waals surface area contributed by atoms with E-state index in [1.165, 1.54) is 4.90 Å². The average Bonchev–Trinajstić information content (AvgIpc) is 2.45. The van der Waals surface area contributed by atoms with E-state index in [0.717, 1.165) is 6.32 Å². The Morgan fingerprint density at radius 2 is 1.57 bits per heavy atom. The van der Waals surface area contributed by atoms with Crippen molar-refractivity contribution in [2.75, 3.05) is 6.54 Å². The molecule has 14 heavy (non-hydrogen) atoms. The summed E-state index contributed by atoms with van der Waals surface area (Å²) >= 11 is 0. The molecule has 3 nitrogen and oxygen atoms in total. The largest absolute Gasteiger partial charge is 0.275 e. The van der Waals surface area contributed by atoms with Crippen LogP contribution in [0.4, 0.5) is 0 Å². The normalized spacial score (nSPS) is 14.7. The number of benzene rings is 1. The van der Waals surface area contributed by atoms with E-state index in [0.29, 0.717) is 17.7 Å². The molecule has 0 aliphatic carbocycles. The minimum Gasteiger partial charge on any atom is -0.275 e. The zero-order valence-electron chi connectivity index (χ0n) is 7.99. The Morgan fingerprint density at radius 3 is 2.00 bits per heavy atom. The van der Waals surface area contributed by atoms with Gasteiger partial charge in [0.25, 0.3) is 11.8 Å². The van der Waals surface area contributed by atoms with E-state index in [1.807, 2.05) is 7.85 Å². The number of rotatable bonds is 2. The van der Waals surface area contributed by atoms with Gasteiger partial charge < -0.3 is 0 Å². The minimum atomic E-state index is -0.160. The summed E-state index contributed by atoms with van der Waals surface area (Å²) in [7, 11) is 1.95. The van der Waals surface area contributed by atoms with Crippen LogP contribution in [-0.2, 0) is 0 Å². The van der Waals surface area contributed by atoms with Crippen molar-refractivity contribution in [2.45, 2.75) is 6.32 Å². The van der Waals surface area contributed by atoms with Gasteiger partial charge in [0, 0.05) is 6.54 Å². The number of fused-ring (bicyclic) bond motifs is 1. The number of nitrogens with zero attached hydrogens (tertiary/aromatic N) is 1. The maximum Gasteiger partial charge on any atom is 0.261 e. The van der Waals surface area contributed by atoms with Crippen LogP contribution in [-0.4, -0.2) is 31.1 Å². The van der Waals surface area contributed by atoms with Crippen LogP contribution in [0.1, 0.15) is 20.7 Å². The second-order valence-corrected chi connectivity index (χ2v) is 3.31. The summed E-state index contributed by atoms with van der Waals surface area (Å²) in [6.45, 7) is 0.506. The maximum absolute atomic E-state index is 11.7. The van der Waals surface area contributed by atoms with E-state index < -0.39 is 0 Å². The molecular weight excluding hydrogens is 177 g/mol. The summed E-state index contributed by atoms with van der Waals surface area (Å²) in [5, 5.41) is 0. The van der Waals surface area contributed by atoms with E-state index in [2.05, 4.69) is 0 Å². The smallest absolute Gasteiger partial charge is 0.261 e. The van der Waals surface area contributed by atoms with Crippen LogP contribution in [0.5, 0.6) is 0 Å². The zero-order valence-corrected chi connectivity index (χ0v) is 7.99. The SMILES string of the molecule is BCCN1C(=O)c2ccccc2C1=O. The van der Waals surface area contributed by atoms with Crippen LogP contribution in [0, 0.1) is 0 Å². The second kappa shape index (κ2) is 3.29. The van der Waals surface area contributed by atoms with Crippen LogP contribution in [0.15, 0.2) is 24.3 Å². The fourth-order valence-electron chi connectivity index (χ4n) is 1.67. The van der Waals surface area contributed by atoms with Gasteiger partial charge in [0.15, 0.2) is 0 Å². The number of amides is 2. The van der Waals surface area contributed by atoms with Gasteiger partial charge in [-0.25, -0.2) is 0 Å². The third-order valence-corrected chi connectivity index (χ3v) is 2.33. The molecule has 0 saturated heterocycles. The Morgan fingerprint density at radius 1 is 1.07 bits per heavy atom. The van der Waals surface area contributed by atoms with Crippen molar-refractivity contribution in [1.82, 2.24) is 4.90 Å². The van der Waals surface area contributed by atoms with Gasteiger partial charge in [0.05, 0.1) is 11.1 Å². The summed E-state index contributed by atoms with van der Waals surface area (Å²) in [6.07, 6.45) is 0.797. The molecule has 4 heteroatoms. The Labute approximate surface area is 83.1 Å². The van der Waals surface area contributed by atoms with E-state index in [1.54, 1.807) is 24.3 Å². The molecule has 70 valence electrons. The van der Waals surface area contributed by atoms with Crippen molar-refractivity contribution in [2.24, 2.45) is 0 Å². The Hall–Kier alpha value is -1.58. The van der Waals surface area contributed by atoms with Crippen molar-refractivity contribution < 1.29 is 9.59 Å². The highest BCUT2D eigenvalue weighted by Crippen LogP contribution is 2.21. The lowest BCUT2D eigenvalue weighted by Gasteiger charge is -2.11. The lowest BCUT2D eigenvalue weighted by molar-refractivity contribution is 0.0663. The Balaban J connectivity index is 2.43. The van der Waals surface area contributed by atoms with Gasteiger partial charge >= 0.3 is 0 Å². The van der Waals surface area contributed by atoms with Crippen molar-refractivity contribution in [1.29, 1.82) is 0 Å². The quantitative estimate of drug-likeness (QED) is 0.494. The second-order valence-electron chi connectivity index (χ2n) is 3.31. The van der Waals surface area contributed by atoms with Crippen LogP contribution in [0.2, 0.25) is 6.32 Å². The highest BCUT2D eigenvalue weighted by molar-refractivity contribution is 6.21. The monoisotopic (exact) mass is 187 g/mol. The summed E-state index contributed by atoms with van der Waals surface area (Å²) in [5.41, 5.74) is 1.07. The number of hydrogen-bond acceptors (Lipinski definition) is 2. The van der Waals surface area contributed by atoms with Crippen molar-refractivity contribution in [3.63, 3.8) is 0 Å². The molecule has 0 N–H and O–H groups in total. The highest BCUT2D eigenvalue weighted by atomic mass is 16.2. The molecule has 0 fully saturated rings. The van der Waals surface area contributed by atoms with Gasteiger partial charge in [-0.2, -0.15) is 0 Å². The first-order valence-corrected chi connectivity index (χ1v) is 4.71. The van der Waals surface area contributed by atoms with Crippen LogP contribution < -0.4 is 0 Å².